The number of carbonyl (C=O) groups excluding carboxylic acids is 1. The molecular weight excluding hydrogens is 248 g/mol. The molecule has 8 heteroatoms. The van der Waals surface area contributed by atoms with Crippen LogP contribution in [-0.4, -0.2) is 28.2 Å². The van der Waals surface area contributed by atoms with Crippen molar-refractivity contribution in [2.45, 2.75) is 0 Å². The Balaban J connectivity index is 2.24. The van der Waals surface area contributed by atoms with E-state index in [1.54, 1.807) is 12.1 Å². The van der Waals surface area contributed by atoms with E-state index in [1.807, 2.05) is 6.07 Å². The van der Waals surface area contributed by atoms with Gasteiger partial charge in [-0.25, -0.2) is 0 Å². The van der Waals surface area contributed by atoms with Gasteiger partial charge in [-0.05, 0) is 12.1 Å². The Labute approximate surface area is 108 Å². The van der Waals surface area contributed by atoms with Crippen LogP contribution >= 0.6 is 0 Å². The SMILES string of the molecule is COc1cc(C#N)ccc1NC(=O)c1nc(N)n[nH]1. The van der Waals surface area contributed by atoms with Crippen LogP contribution in [0.25, 0.3) is 0 Å². The van der Waals surface area contributed by atoms with E-state index < -0.39 is 5.91 Å². The van der Waals surface area contributed by atoms with Crippen molar-refractivity contribution in [2.75, 3.05) is 18.2 Å². The van der Waals surface area contributed by atoms with Gasteiger partial charge >= 0.3 is 0 Å². The van der Waals surface area contributed by atoms with E-state index in [0.717, 1.165) is 0 Å². The van der Waals surface area contributed by atoms with Crippen molar-refractivity contribution in [1.29, 1.82) is 5.26 Å². The number of nitrogens with two attached hydrogens (primary N) is 1. The largest absolute Gasteiger partial charge is 0.495 e. The highest BCUT2D eigenvalue weighted by Crippen LogP contribution is 2.25. The summed E-state index contributed by atoms with van der Waals surface area (Å²) in [6, 6.07) is 6.62. The van der Waals surface area contributed by atoms with Gasteiger partial charge in [0.25, 0.3) is 5.91 Å². The summed E-state index contributed by atoms with van der Waals surface area (Å²) in [6.07, 6.45) is 0. The lowest BCUT2D eigenvalue weighted by Crippen LogP contribution is -2.14. The third-order valence-corrected chi connectivity index (χ3v) is 2.30. The summed E-state index contributed by atoms with van der Waals surface area (Å²) in [4.78, 5) is 15.5. The molecule has 0 saturated heterocycles. The molecule has 0 aliphatic heterocycles. The minimum absolute atomic E-state index is 0.0103. The number of hydrogen-bond donors (Lipinski definition) is 3. The Morgan fingerprint density at radius 1 is 1.58 bits per heavy atom. The predicted molar refractivity (Wildman–Crippen MR) is 66.5 cm³/mol. The molecular formula is C11H10N6O2. The van der Waals surface area contributed by atoms with E-state index in [1.165, 1.54) is 13.2 Å². The summed E-state index contributed by atoms with van der Waals surface area (Å²) >= 11 is 0. The topological polar surface area (TPSA) is 130 Å². The van der Waals surface area contributed by atoms with Gasteiger partial charge in [-0.15, -0.1) is 5.10 Å². The van der Waals surface area contributed by atoms with E-state index in [0.29, 0.717) is 17.0 Å². The number of hydrogen-bond acceptors (Lipinski definition) is 6. The van der Waals surface area contributed by atoms with E-state index in [9.17, 15) is 4.79 Å². The molecule has 0 aliphatic rings. The fraction of sp³-hybridized carbons (Fsp3) is 0.0909. The first kappa shape index (κ1) is 12.4. The normalized spacial score (nSPS) is 9.68. The molecule has 0 radical (unpaired) electrons. The minimum Gasteiger partial charge on any atom is -0.495 e. The number of amides is 1. The van der Waals surface area contributed by atoms with Gasteiger partial charge in [0.05, 0.1) is 24.4 Å². The molecule has 96 valence electrons. The monoisotopic (exact) mass is 258 g/mol. The number of aromatic amines is 1. The van der Waals surface area contributed by atoms with Crippen molar-refractivity contribution in [3.05, 3.63) is 29.6 Å². The molecule has 1 amide bonds. The number of nitriles is 1. The number of benzene rings is 1. The number of nitrogens with zero attached hydrogens (tertiary/aromatic N) is 3. The highest BCUT2D eigenvalue weighted by molar-refractivity contribution is 6.02. The number of nitrogens with one attached hydrogen (secondary N) is 2. The molecule has 0 aliphatic carbocycles. The van der Waals surface area contributed by atoms with Crippen molar-refractivity contribution in [1.82, 2.24) is 15.2 Å². The van der Waals surface area contributed by atoms with Crippen LogP contribution in [0.2, 0.25) is 0 Å². The predicted octanol–water partition coefficient (Wildman–Crippen LogP) is 0.519. The van der Waals surface area contributed by atoms with E-state index in [4.69, 9.17) is 15.7 Å². The molecule has 8 nitrogen and oxygen atoms in total. The molecule has 0 fully saturated rings. The Bertz CT molecular complexity index is 657. The van der Waals surface area contributed by atoms with Gasteiger partial charge in [-0.1, -0.05) is 0 Å². The summed E-state index contributed by atoms with van der Waals surface area (Å²) in [5.74, 6) is -0.159. The molecule has 2 rings (SSSR count). The number of nitrogen functional groups attached to an aromatic ring is 1. The minimum atomic E-state index is -0.507. The van der Waals surface area contributed by atoms with Crippen molar-refractivity contribution in [2.24, 2.45) is 0 Å². The fourth-order valence-electron chi connectivity index (χ4n) is 1.42. The molecule has 0 atom stereocenters. The second kappa shape index (κ2) is 5.05. The molecule has 4 N–H and O–H groups in total. The van der Waals surface area contributed by atoms with Crippen LogP contribution in [0.15, 0.2) is 18.2 Å². The lowest BCUT2D eigenvalue weighted by molar-refractivity contribution is 0.101. The number of H-pyrrole nitrogens is 1. The quantitative estimate of drug-likeness (QED) is 0.735. The average Bonchev–Trinajstić information content (AvgIpc) is 2.86. The summed E-state index contributed by atoms with van der Waals surface area (Å²) < 4.78 is 5.09. The average molecular weight is 258 g/mol. The van der Waals surface area contributed by atoms with Gasteiger partial charge < -0.3 is 15.8 Å². The lowest BCUT2D eigenvalue weighted by atomic mass is 10.2. The second-order valence-corrected chi connectivity index (χ2v) is 3.52. The maximum Gasteiger partial charge on any atom is 0.293 e. The second-order valence-electron chi connectivity index (χ2n) is 3.52. The van der Waals surface area contributed by atoms with Crippen molar-refractivity contribution in [3.63, 3.8) is 0 Å². The number of methoxy groups -OCH3 is 1. The molecule has 1 aromatic carbocycles. The fourth-order valence-corrected chi connectivity index (χ4v) is 1.42. The van der Waals surface area contributed by atoms with Crippen LogP contribution in [-0.2, 0) is 0 Å². The third kappa shape index (κ3) is 2.61. The highest BCUT2D eigenvalue weighted by atomic mass is 16.5. The summed E-state index contributed by atoms with van der Waals surface area (Å²) in [5.41, 5.74) is 6.16. The number of rotatable bonds is 3. The first-order valence-corrected chi connectivity index (χ1v) is 5.21. The first-order chi connectivity index (χ1) is 9.13. The van der Waals surface area contributed by atoms with Crippen molar-refractivity contribution in [3.8, 4) is 11.8 Å². The summed E-state index contributed by atoms with van der Waals surface area (Å²) in [7, 11) is 1.44. The Hall–Kier alpha value is -3.08. The molecule has 0 bridgehead atoms. The maximum atomic E-state index is 11.8. The number of carbonyl (C=O) groups is 1. The Kier molecular flexibility index (Phi) is 3.29. The first-order valence-electron chi connectivity index (χ1n) is 5.21. The molecule has 0 spiro atoms. The third-order valence-electron chi connectivity index (χ3n) is 2.30. The van der Waals surface area contributed by atoms with E-state index in [2.05, 4.69) is 20.5 Å². The molecule has 0 unspecified atom stereocenters. The summed E-state index contributed by atoms with van der Waals surface area (Å²) in [5, 5.41) is 17.3. The number of aromatic nitrogens is 3. The maximum absolute atomic E-state index is 11.8. The molecule has 1 heterocycles. The van der Waals surface area contributed by atoms with Gasteiger partial charge in [-0.3, -0.25) is 9.89 Å². The van der Waals surface area contributed by atoms with Crippen LogP contribution in [0.5, 0.6) is 5.75 Å². The molecule has 19 heavy (non-hydrogen) atoms. The van der Waals surface area contributed by atoms with Crippen LogP contribution in [0, 0.1) is 11.3 Å². The molecule has 2 aromatic rings. The van der Waals surface area contributed by atoms with Gasteiger partial charge in [0, 0.05) is 6.07 Å². The van der Waals surface area contributed by atoms with E-state index in [-0.39, 0.29) is 11.8 Å². The van der Waals surface area contributed by atoms with Gasteiger partial charge in [0.2, 0.25) is 11.8 Å². The zero-order valence-corrected chi connectivity index (χ0v) is 9.97. The number of anilines is 2. The standard InChI is InChI=1S/C11H10N6O2/c1-19-8-4-6(5-12)2-3-7(8)14-10(18)9-15-11(13)17-16-9/h2-4H,1H3,(H,14,18)(H3,13,15,16,17). The highest BCUT2D eigenvalue weighted by Gasteiger charge is 2.13. The number of ether oxygens (including phenoxy) is 1. The Morgan fingerprint density at radius 2 is 2.37 bits per heavy atom. The van der Waals surface area contributed by atoms with Crippen LogP contribution in [0.1, 0.15) is 16.2 Å². The smallest absolute Gasteiger partial charge is 0.293 e. The van der Waals surface area contributed by atoms with Gasteiger partial charge in [0.1, 0.15) is 5.75 Å². The summed E-state index contributed by atoms with van der Waals surface area (Å²) in [6.45, 7) is 0. The van der Waals surface area contributed by atoms with Crippen LogP contribution in [0.4, 0.5) is 11.6 Å². The van der Waals surface area contributed by atoms with E-state index >= 15 is 0 Å². The molecule has 1 aromatic heterocycles. The Morgan fingerprint density at radius 3 is 2.95 bits per heavy atom. The van der Waals surface area contributed by atoms with Crippen LogP contribution in [0.3, 0.4) is 0 Å². The molecule has 0 saturated carbocycles. The van der Waals surface area contributed by atoms with Gasteiger partial charge in [-0.2, -0.15) is 10.2 Å². The van der Waals surface area contributed by atoms with Gasteiger partial charge in [0.15, 0.2) is 0 Å². The van der Waals surface area contributed by atoms with Crippen LogP contribution < -0.4 is 15.8 Å². The lowest BCUT2D eigenvalue weighted by Gasteiger charge is -2.09. The zero-order chi connectivity index (χ0) is 13.8. The zero-order valence-electron chi connectivity index (χ0n) is 9.97. The van der Waals surface area contributed by atoms with Crippen molar-refractivity contribution < 1.29 is 9.53 Å². The van der Waals surface area contributed by atoms with Crippen molar-refractivity contribution >= 4 is 17.5 Å².